The van der Waals surface area contributed by atoms with E-state index in [4.69, 9.17) is 17.3 Å². The standard InChI is InChI=1S/C20H16ClN3O4S/c21-17-6-1-2-7-18(17)24-29(27,28)16-5-3-4-14(12-16)20(26)23-15-10-8-13(9-11-15)19(22)25/h1-12,24H,(H2,22,25)(H,23,26). The Balaban J connectivity index is 1.80. The van der Waals surface area contributed by atoms with Gasteiger partial charge in [-0.2, -0.15) is 0 Å². The number of nitrogens with two attached hydrogens (primary N) is 1. The van der Waals surface area contributed by atoms with E-state index in [-0.39, 0.29) is 21.2 Å². The molecule has 0 bridgehead atoms. The molecule has 0 aliphatic carbocycles. The maximum Gasteiger partial charge on any atom is 0.261 e. The van der Waals surface area contributed by atoms with E-state index in [0.717, 1.165) is 0 Å². The quantitative estimate of drug-likeness (QED) is 0.555. The summed E-state index contributed by atoms with van der Waals surface area (Å²) in [4.78, 5) is 23.5. The molecule has 3 aromatic carbocycles. The molecule has 0 heterocycles. The fourth-order valence-corrected chi connectivity index (χ4v) is 3.84. The normalized spacial score (nSPS) is 10.9. The average molecular weight is 430 g/mol. The van der Waals surface area contributed by atoms with E-state index < -0.39 is 21.8 Å². The van der Waals surface area contributed by atoms with Gasteiger partial charge in [-0.25, -0.2) is 8.42 Å². The van der Waals surface area contributed by atoms with Crippen LogP contribution in [0.5, 0.6) is 0 Å². The van der Waals surface area contributed by atoms with Crippen LogP contribution in [0.4, 0.5) is 11.4 Å². The second-order valence-electron chi connectivity index (χ2n) is 6.01. The molecular formula is C20H16ClN3O4S. The number of amides is 2. The number of hydrogen-bond acceptors (Lipinski definition) is 4. The Morgan fingerprint density at radius 3 is 2.21 bits per heavy atom. The lowest BCUT2D eigenvalue weighted by Crippen LogP contribution is -2.16. The monoisotopic (exact) mass is 429 g/mol. The molecule has 3 aromatic rings. The van der Waals surface area contributed by atoms with E-state index in [1.54, 1.807) is 18.2 Å². The first-order valence-corrected chi connectivity index (χ1v) is 10.2. The molecule has 0 saturated carbocycles. The summed E-state index contributed by atoms with van der Waals surface area (Å²) in [6.07, 6.45) is 0. The molecular weight excluding hydrogens is 414 g/mol. The van der Waals surface area contributed by atoms with Gasteiger partial charge in [0, 0.05) is 16.8 Å². The average Bonchev–Trinajstić information content (AvgIpc) is 2.70. The zero-order valence-electron chi connectivity index (χ0n) is 14.9. The van der Waals surface area contributed by atoms with E-state index in [1.807, 2.05) is 0 Å². The minimum absolute atomic E-state index is 0.0888. The van der Waals surface area contributed by atoms with E-state index in [0.29, 0.717) is 11.3 Å². The zero-order valence-corrected chi connectivity index (χ0v) is 16.5. The molecule has 0 fully saturated rings. The molecule has 148 valence electrons. The number of carbonyl (C=O) groups excluding carboxylic acids is 2. The summed E-state index contributed by atoms with van der Waals surface area (Å²) >= 11 is 6.00. The lowest BCUT2D eigenvalue weighted by Gasteiger charge is -2.11. The Labute approximate surface area is 172 Å². The Kier molecular flexibility index (Phi) is 5.86. The molecule has 0 radical (unpaired) electrons. The Bertz CT molecular complexity index is 1180. The predicted octanol–water partition coefficient (Wildman–Crippen LogP) is 3.49. The minimum atomic E-state index is -3.95. The van der Waals surface area contributed by atoms with Gasteiger partial charge < -0.3 is 11.1 Å². The topological polar surface area (TPSA) is 118 Å². The van der Waals surface area contributed by atoms with Crippen molar-refractivity contribution in [3.63, 3.8) is 0 Å². The van der Waals surface area contributed by atoms with Gasteiger partial charge in [0.2, 0.25) is 5.91 Å². The van der Waals surface area contributed by atoms with E-state index in [9.17, 15) is 18.0 Å². The first-order chi connectivity index (χ1) is 13.8. The molecule has 29 heavy (non-hydrogen) atoms. The van der Waals surface area contributed by atoms with Crippen molar-refractivity contribution in [1.29, 1.82) is 0 Å². The SMILES string of the molecule is NC(=O)c1ccc(NC(=O)c2cccc(S(=O)(=O)Nc3ccccc3Cl)c2)cc1. The van der Waals surface area contributed by atoms with Crippen molar-refractivity contribution in [2.45, 2.75) is 4.90 Å². The second kappa shape index (κ2) is 8.34. The predicted molar refractivity (Wildman–Crippen MR) is 112 cm³/mol. The van der Waals surface area contributed by atoms with E-state index >= 15 is 0 Å². The highest BCUT2D eigenvalue weighted by molar-refractivity contribution is 7.92. The number of carbonyl (C=O) groups is 2. The van der Waals surface area contributed by atoms with Crippen LogP contribution in [0.3, 0.4) is 0 Å². The van der Waals surface area contributed by atoms with Gasteiger partial charge >= 0.3 is 0 Å². The Hall–Kier alpha value is -3.36. The van der Waals surface area contributed by atoms with E-state index in [1.165, 1.54) is 54.6 Å². The number of nitrogens with one attached hydrogen (secondary N) is 2. The van der Waals surface area contributed by atoms with Gasteiger partial charge in [-0.3, -0.25) is 14.3 Å². The molecule has 4 N–H and O–H groups in total. The van der Waals surface area contributed by atoms with E-state index in [2.05, 4.69) is 10.0 Å². The lowest BCUT2D eigenvalue weighted by molar-refractivity contribution is 0.0998. The maximum absolute atomic E-state index is 12.6. The van der Waals surface area contributed by atoms with Gasteiger partial charge in [-0.15, -0.1) is 0 Å². The molecule has 0 saturated heterocycles. The third kappa shape index (κ3) is 4.92. The van der Waals surface area contributed by atoms with Crippen LogP contribution in [0.1, 0.15) is 20.7 Å². The molecule has 2 amide bonds. The fraction of sp³-hybridized carbons (Fsp3) is 0. The molecule has 9 heteroatoms. The summed E-state index contributed by atoms with van der Waals surface area (Å²) < 4.78 is 27.7. The van der Waals surface area contributed by atoms with Gasteiger partial charge in [0.1, 0.15) is 0 Å². The summed E-state index contributed by atoms with van der Waals surface area (Å²) in [5.41, 5.74) is 6.30. The van der Waals surface area contributed by atoms with Gasteiger partial charge in [0.25, 0.3) is 15.9 Å². The smallest absolute Gasteiger partial charge is 0.261 e. The highest BCUT2D eigenvalue weighted by Gasteiger charge is 2.18. The fourth-order valence-electron chi connectivity index (χ4n) is 2.47. The highest BCUT2D eigenvalue weighted by Crippen LogP contribution is 2.24. The van der Waals surface area contributed by atoms with Crippen LogP contribution in [0, 0.1) is 0 Å². The van der Waals surface area contributed by atoms with Crippen LogP contribution >= 0.6 is 11.6 Å². The number of benzene rings is 3. The lowest BCUT2D eigenvalue weighted by atomic mass is 10.2. The van der Waals surface area contributed by atoms with Crippen molar-refractivity contribution in [3.05, 3.63) is 88.9 Å². The summed E-state index contributed by atoms with van der Waals surface area (Å²) in [6, 6.07) is 18.0. The first kappa shape index (κ1) is 20.4. The number of halogens is 1. The summed E-state index contributed by atoms with van der Waals surface area (Å²) in [6.45, 7) is 0. The summed E-state index contributed by atoms with van der Waals surface area (Å²) in [7, 11) is -3.95. The molecule has 0 aromatic heterocycles. The largest absolute Gasteiger partial charge is 0.366 e. The van der Waals surface area contributed by atoms with Crippen LogP contribution in [0.2, 0.25) is 5.02 Å². The Morgan fingerprint density at radius 2 is 1.55 bits per heavy atom. The first-order valence-electron chi connectivity index (χ1n) is 8.35. The van der Waals surface area contributed by atoms with Crippen molar-refractivity contribution >= 4 is 44.8 Å². The molecule has 3 rings (SSSR count). The maximum atomic E-state index is 12.6. The summed E-state index contributed by atoms with van der Waals surface area (Å²) in [5.74, 6) is -1.08. The zero-order chi connectivity index (χ0) is 21.0. The minimum Gasteiger partial charge on any atom is -0.366 e. The van der Waals surface area contributed by atoms with Crippen LogP contribution < -0.4 is 15.8 Å². The Morgan fingerprint density at radius 1 is 0.862 bits per heavy atom. The number of sulfonamides is 1. The third-order valence-corrected chi connectivity index (χ3v) is 5.64. The van der Waals surface area contributed by atoms with Crippen molar-refractivity contribution in [2.75, 3.05) is 10.0 Å². The van der Waals surface area contributed by atoms with Gasteiger partial charge in [0.15, 0.2) is 0 Å². The van der Waals surface area contributed by atoms with Gasteiger partial charge in [0.05, 0.1) is 15.6 Å². The molecule has 7 nitrogen and oxygen atoms in total. The number of anilines is 2. The van der Waals surface area contributed by atoms with Crippen LogP contribution in [-0.2, 0) is 10.0 Å². The molecule has 0 atom stereocenters. The third-order valence-electron chi connectivity index (χ3n) is 3.95. The van der Waals surface area contributed by atoms with Crippen molar-refractivity contribution < 1.29 is 18.0 Å². The summed E-state index contributed by atoms with van der Waals surface area (Å²) in [5, 5.41) is 2.89. The number of rotatable bonds is 6. The molecule has 0 spiro atoms. The number of primary amides is 1. The van der Waals surface area contributed by atoms with Crippen LogP contribution in [-0.4, -0.2) is 20.2 Å². The van der Waals surface area contributed by atoms with Crippen LogP contribution in [0.25, 0.3) is 0 Å². The second-order valence-corrected chi connectivity index (χ2v) is 8.10. The highest BCUT2D eigenvalue weighted by atomic mass is 35.5. The van der Waals surface area contributed by atoms with Crippen molar-refractivity contribution in [2.24, 2.45) is 5.73 Å². The van der Waals surface area contributed by atoms with Gasteiger partial charge in [-0.05, 0) is 54.6 Å². The molecule has 0 aliphatic rings. The number of hydrogen-bond donors (Lipinski definition) is 3. The van der Waals surface area contributed by atoms with Crippen molar-refractivity contribution in [1.82, 2.24) is 0 Å². The van der Waals surface area contributed by atoms with Gasteiger partial charge in [-0.1, -0.05) is 29.8 Å². The molecule has 0 aliphatic heterocycles. The van der Waals surface area contributed by atoms with Crippen LogP contribution in [0.15, 0.2) is 77.7 Å². The number of para-hydroxylation sites is 1. The molecule has 0 unspecified atom stereocenters. The van der Waals surface area contributed by atoms with Crippen molar-refractivity contribution in [3.8, 4) is 0 Å².